The van der Waals surface area contributed by atoms with Crippen molar-refractivity contribution in [3.8, 4) is 0 Å². The molecule has 1 atom stereocenters. The number of rotatable bonds is 4. The Bertz CT molecular complexity index is 289. The topological polar surface area (TPSA) is 46.1 Å². The zero-order valence-corrected chi connectivity index (χ0v) is 10.5. The number of aromatic nitrogens is 2. The van der Waals surface area contributed by atoms with Crippen LogP contribution in [-0.2, 0) is 0 Å². The fourth-order valence-electron chi connectivity index (χ4n) is 0.926. The first kappa shape index (κ1) is 11.6. The molecule has 0 saturated carbocycles. The summed E-state index contributed by atoms with van der Waals surface area (Å²) in [5, 5.41) is 5.39. The van der Waals surface area contributed by atoms with E-state index in [1.54, 1.807) is 17.3 Å². The molecule has 0 aromatic carbocycles. The van der Waals surface area contributed by atoms with E-state index < -0.39 is 0 Å². The predicted octanol–water partition coefficient (Wildman–Crippen LogP) is 1.78. The normalized spacial score (nSPS) is 12.5. The third kappa shape index (κ3) is 3.34. The summed E-state index contributed by atoms with van der Waals surface area (Å²) in [7, 11) is 1.77. The molecule has 1 aromatic heterocycles. The Hall–Kier alpha value is -0.490. The van der Waals surface area contributed by atoms with E-state index in [2.05, 4.69) is 32.4 Å². The lowest BCUT2D eigenvalue weighted by Crippen LogP contribution is -2.29. The summed E-state index contributed by atoms with van der Waals surface area (Å²) in [6.07, 6.45) is 0.930. The number of carbonyl (C=O) groups excluding carboxylic acids is 1. The minimum absolute atomic E-state index is 0.0631. The second-order valence-electron chi connectivity index (χ2n) is 3.09. The molecule has 1 rings (SSSR count). The van der Waals surface area contributed by atoms with Crippen LogP contribution in [0.15, 0.2) is 5.38 Å². The number of alkyl halides is 1. The Labute approximate surface area is 95.6 Å². The molecular weight excluding hydrogens is 266 g/mol. The van der Waals surface area contributed by atoms with Gasteiger partial charge in [0.1, 0.15) is 0 Å². The van der Waals surface area contributed by atoms with Gasteiger partial charge in [0.2, 0.25) is 0 Å². The lowest BCUT2D eigenvalue weighted by atomic mass is 10.3. The van der Waals surface area contributed by atoms with Gasteiger partial charge in [-0.2, -0.15) is 0 Å². The Balaban J connectivity index is 2.45. The van der Waals surface area contributed by atoms with Crippen LogP contribution >= 0.6 is 27.5 Å². The number of hydrogen-bond acceptors (Lipinski definition) is 4. The molecule has 0 bridgehead atoms. The smallest absolute Gasteiger partial charge is 0.275 e. The molecule has 0 spiro atoms. The molecule has 0 aliphatic carbocycles. The molecule has 0 fully saturated rings. The first-order valence-corrected chi connectivity index (χ1v) is 6.03. The fourth-order valence-corrected chi connectivity index (χ4v) is 1.56. The van der Waals surface area contributed by atoms with E-state index in [1.807, 2.05) is 0 Å². The Kier molecular flexibility index (Phi) is 4.47. The van der Waals surface area contributed by atoms with Crippen LogP contribution < -0.4 is 0 Å². The number of hydrogen-bond donors (Lipinski definition) is 0. The van der Waals surface area contributed by atoms with Crippen molar-refractivity contribution in [3.05, 3.63) is 11.1 Å². The third-order valence-electron chi connectivity index (χ3n) is 1.79. The molecular formula is C8H12BrN3OS. The molecule has 1 unspecified atom stereocenters. The number of amides is 1. The van der Waals surface area contributed by atoms with Crippen LogP contribution in [0.5, 0.6) is 0 Å². The highest BCUT2D eigenvalue weighted by Crippen LogP contribution is 2.06. The molecule has 1 aromatic rings. The maximum absolute atomic E-state index is 11.6. The van der Waals surface area contributed by atoms with Crippen molar-refractivity contribution >= 4 is 33.4 Å². The number of carbonyl (C=O) groups is 1. The maximum Gasteiger partial charge on any atom is 0.275 e. The molecule has 1 heterocycles. The predicted molar refractivity (Wildman–Crippen MR) is 59.9 cm³/mol. The number of nitrogens with zero attached hydrogens (tertiary/aromatic N) is 3. The van der Waals surface area contributed by atoms with Gasteiger partial charge < -0.3 is 4.90 Å². The zero-order chi connectivity index (χ0) is 10.6. The monoisotopic (exact) mass is 277 g/mol. The van der Waals surface area contributed by atoms with E-state index in [9.17, 15) is 4.79 Å². The summed E-state index contributed by atoms with van der Waals surface area (Å²) in [4.78, 5) is 13.7. The van der Waals surface area contributed by atoms with Crippen LogP contribution in [0, 0.1) is 0 Å². The van der Waals surface area contributed by atoms with Gasteiger partial charge in [0.15, 0.2) is 5.69 Å². The average Bonchev–Trinajstić information content (AvgIpc) is 2.65. The summed E-state index contributed by atoms with van der Waals surface area (Å²) in [5.41, 5.74) is 0.430. The molecule has 1 amide bonds. The SMILES string of the molecule is CC(Br)CCN(C)C(=O)c1csnn1. The van der Waals surface area contributed by atoms with Gasteiger partial charge in [-0.3, -0.25) is 4.79 Å². The Morgan fingerprint density at radius 3 is 3.00 bits per heavy atom. The van der Waals surface area contributed by atoms with Crippen molar-refractivity contribution in [2.45, 2.75) is 18.2 Å². The standard InChI is InChI=1S/C8H12BrN3OS/c1-6(9)3-4-12(2)8(13)7-5-14-11-10-7/h5-6H,3-4H2,1-2H3. The Morgan fingerprint density at radius 1 is 1.79 bits per heavy atom. The van der Waals surface area contributed by atoms with E-state index in [-0.39, 0.29) is 5.91 Å². The van der Waals surface area contributed by atoms with Crippen molar-refractivity contribution < 1.29 is 4.79 Å². The van der Waals surface area contributed by atoms with Gasteiger partial charge in [-0.05, 0) is 18.0 Å². The van der Waals surface area contributed by atoms with Gasteiger partial charge in [-0.25, -0.2) is 0 Å². The lowest BCUT2D eigenvalue weighted by Gasteiger charge is -2.16. The fraction of sp³-hybridized carbons (Fsp3) is 0.625. The molecule has 0 radical (unpaired) electrons. The van der Waals surface area contributed by atoms with E-state index >= 15 is 0 Å². The molecule has 78 valence electrons. The van der Waals surface area contributed by atoms with Gasteiger partial charge in [-0.15, -0.1) is 5.10 Å². The van der Waals surface area contributed by atoms with Crippen LogP contribution in [0.3, 0.4) is 0 Å². The molecule has 0 aliphatic rings. The minimum Gasteiger partial charge on any atom is -0.340 e. The lowest BCUT2D eigenvalue weighted by molar-refractivity contribution is 0.0788. The van der Waals surface area contributed by atoms with Crippen molar-refractivity contribution in [2.24, 2.45) is 0 Å². The van der Waals surface area contributed by atoms with Crippen molar-refractivity contribution in [3.63, 3.8) is 0 Å². The summed E-state index contributed by atoms with van der Waals surface area (Å²) >= 11 is 4.63. The summed E-state index contributed by atoms with van der Waals surface area (Å²) in [5.74, 6) is -0.0631. The van der Waals surface area contributed by atoms with Crippen LogP contribution in [0.1, 0.15) is 23.8 Å². The van der Waals surface area contributed by atoms with Gasteiger partial charge in [0.25, 0.3) is 5.91 Å². The molecule has 0 aliphatic heterocycles. The minimum atomic E-state index is -0.0631. The molecule has 0 saturated heterocycles. The van der Waals surface area contributed by atoms with Gasteiger partial charge in [-0.1, -0.05) is 27.3 Å². The summed E-state index contributed by atoms with van der Waals surface area (Å²) < 4.78 is 3.66. The summed E-state index contributed by atoms with van der Waals surface area (Å²) in [6, 6.07) is 0. The van der Waals surface area contributed by atoms with Gasteiger partial charge in [0.05, 0.1) is 0 Å². The highest BCUT2D eigenvalue weighted by molar-refractivity contribution is 9.09. The second kappa shape index (κ2) is 5.41. The molecule has 6 heteroatoms. The Morgan fingerprint density at radius 2 is 2.50 bits per heavy atom. The first-order valence-electron chi connectivity index (χ1n) is 4.28. The third-order valence-corrected chi connectivity index (χ3v) is 2.75. The molecule has 4 nitrogen and oxygen atoms in total. The first-order chi connectivity index (χ1) is 6.61. The highest BCUT2D eigenvalue weighted by atomic mass is 79.9. The largest absolute Gasteiger partial charge is 0.340 e. The quantitative estimate of drug-likeness (QED) is 0.789. The number of halogens is 1. The van der Waals surface area contributed by atoms with E-state index in [4.69, 9.17) is 0 Å². The van der Waals surface area contributed by atoms with Gasteiger partial charge >= 0.3 is 0 Å². The van der Waals surface area contributed by atoms with Gasteiger partial charge in [0, 0.05) is 23.8 Å². The van der Waals surface area contributed by atoms with Crippen LogP contribution in [-0.4, -0.2) is 38.8 Å². The summed E-state index contributed by atoms with van der Waals surface area (Å²) in [6.45, 7) is 2.78. The van der Waals surface area contributed by atoms with Crippen molar-refractivity contribution in [1.29, 1.82) is 0 Å². The van der Waals surface area contributed by atoms with E-state index in [1.165, 1.54) is 11.5 Å². The second-order valence-corrected chi connectivity index (χ2v) is 5.26. The van der Waals surface area contributed by atoms with E-state index in [0.29, 0.717) is 10.5 Å². The zero-order valence-electron chi connectivity index (χ0n) is 8.11. The van der Waals surface area contributed by atoms with Crippen LogP contribution in [0.2, 0.25) is 0 Å². The van der Waals surface area contributed by atoms with Crippen LogP contribution in [0.4, 0.5) is 0 Å². The molecule has 14 heavy (non-hydrogen) atoms. The van der Waals surface area contributed by atoms with Crippen molar-refractivity contribution in [1.82, 2.24) is 14.5 Å². The van der Waals surface area contributed by atoms with Crippen LogP contribution in [0.25, 0.3) is 0 Å². The van der Waals surface area contributed by atoms with Crippen molar-refractivity contribution in [2.75, 3.05) is 13.6 Å². The average molecular weight is 278 g/mol. The van der Waals surface area contributed by atoms with E-state index in [0.717, 1.165) is 13.0 Å². The molecule has 0 N–H and O–H groups in total. The maximum atomic E-state index is 11.6. The highest BCUT2D eigenvalue weighted by Gasteiger charge is 2.14.